The zero-order valence-electron chi connectivity index (χ0n) is 18.5. The first-order valence-electron chi connectivity index (χ1n) is 10.5. The number of nitrogens with one attached hydrogen (secondary N) is 3. The zero-order valence-corrected chi connectivity index (χ0v) is 19.3. The van der Waals surface area contributed by atoms with Crippen molar-refractivity contribution in [2.24, 2.45) is 5.73 Å². The number of rotatable bonds is 8. The first-order chi connectivity index (χ1) is 16.3. The summed E-state index contributed by atoms with van der Waals surface area (Å²) in [7, 11) is 0. The molecule has 0 spiro atoms. The number of carbonyl (C=O) groups is 3. The van der Waals surface area contributed by atoms with Crippen molar-refractivity contribution in [3.8, 4) is 5.75 Å². The van der Waals surface area contributed by atoms with Gasteiger partial charge in [0.05, 0.1) is 12.5 Å². The number of hydrogen-bond donors (Lipinski definition) is 4. The topological polar surface area (TPSA) is 123 Å². The van der Waals surface area contributed by atoms with E-state index in [1.54, 1.807) is 60.7 Å². The normalized spacial score (nSPS) is 11.2. The van der Waals surface area contributed by atoms with E-state index in [1.807, 2.05) is 19.1 Å². The van der Waals surface area contributed by atoms with Crippen molar-refractivity contribution in [1.82, 2.24) is 16.2 Å². The van der Waals surface area contributed by atoms with Gasteiger partial charge in [-0.2, -0.15) is 0 Å². The van der Waals surface area contributed by atoms with Crippen LogP contribution in [0.5, 0.6) is 5.75 Å². The predicted molar refractivity (Wildman–Crippen MR) is 129 cm³/mol. The van der Waals surface area contributed by atoms with E-state index >= 15 is 0 Å². The number of aryl methyl sites for hydroxylation is 1. The summed E-state index contributed by atoms with van der Waals surface area (Å²) in [5.41, 5.74) is 13.0. The van der Waals surface area contributed by atoms with Gasteiger partial charge in [0.1, 0.15) is 12.4 Å². The number of carbonyl (C=O) groups excluding carboxylic acids is 3. The largest absolute Gasteiger partial charge is 0.489 e. The fraction of sp³-hybridized carbons (Fsp3) is 0.160. The molecule has 0 saturated carbocycles. The lowest BCUT2D eigenvalue weighted by Gasteiger charge is -2.18. The van der Waals surface area contributed by atoms with E-state index in [1.165, 1.54) is 0 Å². The van der Waals surface area contributed by atoms with Crippen LogP contribution in [0.25, 0.3) is 0 Å². The molecule has 0 aliphatic rings. The van der Waals surface area contributed by atoms with Crippen LogP contribution in [0.2, 0.25) is 5.02 Å². The average Bonchev–Trinajstić information content (AvgIpc) is 2.82. The third-order valence-corrected chi connectivity index (χ3v) is 5.19. The Balaban J connectivity index is 1.50. The summed E-state index contributed by atoms with van der Waals surface area (Å²) in [6.45, 7) is 2.26. The third kappa shape index (κ3) is 7.53. The Bertz CT molecular complexity index is 1130. The maximum absolute atomic E-state index is 12.4. The maximum Gasteiger partial charge on any atom is 0.312 e. The lowest BCUT2D eigenvalue weighted by molar-refractivity contribution is -0.122. The molecule has 9 heteroatoms. The summed E-state index contributed by atoms with van der Waals surface area (Å²) in [6, 6.07) is 19.8. The van der Waals surface area contributed by atoms with Crippen molar-refractivity contribution in [3.05, 3.63) is 100 Å². The molecule has 3 aromatic rings. The molecular formula is C25H25ClN4O4. The molecule has 0 aliphatic heterocycles. The van der Waals surface area contributed by atoms with Crippen LogP contribution in [-0.4, -0.2) is 17.8 Å². The number of benzene rings is 3. The second-order valence-corrected chi connectivity index (χ2v) is 8.05. The van der Waals surface area contributed by atoms with Gasteiger partial charge >= 0.3 is 6.03 Å². The van der Waals surface area contributed by atoms with E-state index in [2.05, 4.69) is 16.2 Å². The highest BCUT2D eigenvalue weighted by Crippen LogP contribution is 2.18. The number of primary amides is 1. The minimum absolute atomic E-state index is 0.104. The van der Waals surface area contributed by atoms with E-state index in [4.69, 9.17) is 22.1 Å². The van der Waals surface area contributed by atoms with E-state index in [0.717, 1.165) is 16.7 Å². The van der Waals surface area contributed by atoms with Crippen molar-refractivity contribution in [1.29, 1.82) is 0 Å². The molecule has 0 radical (unpaired) electrons. The Morgan fingerprint density at radius 1 is 0.912 bits per heavy atom. The Labute approximate surface area is 202 Å². The van der Waals surface area contributed by atoms with Crippen LogP contribution in [0.1, 0.15) is 39.5 Å². The fourth-order valence-corrected chi connectivity index (χ4v) is 3.23. The summed E-state index contributed by atoms with van der Waals surface area (Å²) in [5, 5.41) is 3.17. The van der Waals surface area contributed by atoms with Crippen molar-refractivity contribution in [3.63, 3.8) is 0 Å². The van der Waals surface area contributed by atoms with Crippen LogP contribution < -0.4 is 26.6 Å². The first kappa shape index (κ1) is 24.6. The molecular weight excluding hydrogens is 456 g/mol. The van der Waals surface area contributed by atoms with Gasteiger partial charge in [-0.15, -0.1) is 0 Å². The molecule has 0 bridgehead atoms. The number of hydrazine groups is 1. The highest BCUT2D eigenvalue weighted by atomic mass is 35.5. The average molecular weight is 481 g/mol. The quantitative estimate of drug-likeness (QED) is 0.366. The second-order valence-electron chi connectivity index (χ2n) is 7.62. The number of ether oxygens (including phenoxy) is 1. The maximum atomic E-state index is 12.4. The Hall–Kier alpha value is -4.04. The highest BCUT2D eigenvalue weighted by Gasteiger charge is 2.18. The summed E-state index contributed by atoms with van der Waals surface area (Å²) < 4.78 is 5.68. The van der Waals surface area contributed by atoms with Gasteiger partial charge in [0.2, 0.25) is 5.91 Å². The lowest BCUT2D eigenvalue weighted by Crippen LogP contribution is -2.44. The molecule has 0 aliphatic carbocycles. The van der Waals surface area contributed by atoms with Crippen molar-refractivity contribution in [2.45, 2.75) is 26.0 Å². The summed E-state index contributed by atoms with van der Waals surface area (Å²) in [5.74, 6) is -0.280. The highest BCUT2D eigenvalue weighted by molar-refractivity contribution is 6.30. The van der Waals surface area contributed by atoms with Gasteiger partial charge in [0, 0.05) is 10.6 Å². The molecule has 3 aromatic carbocycles. The summed E-state index contributed by atoms with van der Waals surface area (Å²) >= 11 is 5.86. The molecule has 0 fully saturated rings. The van der Waals surface area contributed by atoms with Crippen molar-refractivity contribution >= 4 is 29.4 Å². The van der Waals surface area contributed by atoms with Gasteiger partial charge in [0.15, 0.2) is 0 Å². The standard InChI is InChI=1S/C25H25ClN4O4/c1-16-2-6-18(7-3-16)22(28-25(27)33)14-23(31)29-30-24(32)19-8-4-17(5-9-19)15-34-21-12-10-20(26)11-13-21/h2-13,22H,14-15H2,1H3,(H,29,31)(H,30,32)(H3,27,28,33)/t22-/m0/s1. The van der Waals surface area contributed by atoms with Crippen molar-refractivity contribution < 1.29 is 19.1 Å². The van der Waals surface area contributed by atoms with Crippen LogP contribution in [0.4, 0.5) is 4.79 Å². The number of nitrogens with two attached hydrogens (primary N) is 1. The summed E-state index contributed by atoms with van der Waals surface area (Å²) in [4.78, 5) is 36.1. The van der Waals surface area contributed by atoms with Crippen LogP contribution >= 0.6 is 11.6 Å². The van der Waals surface area contributed by atoms with Crippen LogP contribution in [-0.2, 0) is 11.4 Å². The second kappa shape index (κ2) is 11.7. The molecule has 8 nitrogen and oxygen atoms in total. The SMILES string of the molecule is Cc1ccc([C@H](CC(=O)NNC(=O)c2ccc(COc3ccc(Cl)cc3)cc2)NC(N)=O)cc1. The predicted octanol–water partition coefficient (Wildman–Crippen LogP) is 3.79. The van der Waals surface area contributed by atoms with Gasteiger partial charge in [-0.25, -0.2) is 4.79 Å². The lowest BCUT2D eigenvalue weighted by atomic mass is 10.0. The van der Waals surface area contributed by atoms with Crippen LogP contribution in [0.15, 0.2) is 72.8 Å². The number of halogens is 1. The molecule has 176 valence electrons. The van der Waals surface area contributed by atoms with Crippen LogP contribution in [0, 0.1) is 6.92 Å². The Morgan fingerprint density at radius 2 is 1.56 bits per heavy atom. The minimum Gasteiger partial charge on any atom is -0.489 e. The molecule has 5 N–H and O–H groups in total. The zero-order chi connectivity index (χ0) is 24.5. The molecule has 0 unspecified atom stereocenters. The Morgan fingerprint density at radius 3 is 2.18 bits per heavy atom. The smallest absolute Gasteiger partial charge is 0.312 e. The monoisotopic (exact) mass is 480 g/mol. The van der Waals surface area contributed by atoms with Gasteiger partial charge in [-0.3, -0.25) is 20.4 Å². The third-order valence-electron chi connectivity index (χ3n) is 4.94. The van der Waals surface area contributed by atoms with E-state index < -0.39 is 23.9 Å². The molecule has 0 aromatic heterocycles. The Kier molecular flexibility index (Phi) is 8.48. The molecule has 1 atom stereocenters. The van der Waals surface area contributed by atoms with E-state index in [9.17, 15) is 14.4 Å². The molecule has 0 heterocycles. The number of amides is 4. The first-order valence-corrected chi connectivity index (χ1v) is 10.9. The summed E-state index contributed by atoms with van der Waals surface area (Å²) in [6.07, 6.45) is -0.104. The van der Waals surface area contributed by atoms with E-state index in [0.29, 0.717) is 22.9 Å². The van der Waals surface area contributed by atoms with Gasteiger partial charge in [-0.1, -0.05) is 53.6 Å². The minimum atomic E-state index is -0.748. The van der Waals surface area contributed by atoms with Crippen LogP contribution in [0.3, 0.4) is 0 Å². The van der Waals surface area contributed by atoms with Gasteiger partial charge in [-0.05, 0) is 54.4 Å². The molecule has 3 rings (SSSR count). The molecule has 34 heavy (non-hydrogen) atoms. The van der Waals surface area contributed by atoms with E-state index in [-0.39, 0.29) is 6.42 Å². The van der Waals surface area contributed by atoms with Gasteiger partial charge in [0.25, 0.3) is 5.91 Å². The number of urea groups is 1. The fourth-order valence-electron chi connectivity index (χ4n) is 3.11. The number of hydrogen-bond acceptors (Lipinski definition) is 4. The molecule has 4 amide bonds. The molecule has 0 saturated heterocycles. The van der Waals surface area contributed by atoms with Gasteiger partial charge < -0.3 is 15.8 Å². The van der Waals surface area contributed by atoms with Crippen molar-refractivity contribution in [2.75, 3.05) is 0 Å².